The van der Waals surface area contributed by atoms with Gasteiger partial charge in [0.1, 0.15) is 18.9 Å². The van der Waals surface area contributed by atoms with Crippen molar-refractivity contribution in [1.29, 1.82) is 0 Å². The highest BCUT2D eigenvalue weighted by Gasteiger charge is 2.25. The maximum Gasteiger partial charge on any atom is 0.245 e. The monoisotopic (exact) mass is 243 g/mol. The van der Waals surface area contributed by atoms with Crippen LogP contribution in [0, 0.1) is 5.92 Å². The van der Waals surface area contributed by atoms with Gasteiger partial charge in [-0.25, -0.2) is 0 Å². The molecule has 0 aliphatic heterocycles. The van der Waals surface area contributed by atoms with E-state index in [9.17, 15) is 5.11 Å². The summed E-state index contributed by atoms with van der Waals surface area (Å²) in [5.41, 5.74) is 0. The number of aromatic nitrogens is 2. The molecule has 6 heteroatoms. The van der Waals surface area contributed by atoms with E-state index >= 15 is 0 Å². The Balaban J connectivity index is 1.56. The molecule has 1 fully saturated rings. The van der Waals surface area contributed by atoms with E-state index in [0.29, 0.717) is 18.5 Å². The van der Waals surface area contributed by atoms with Crippen LogP contribution < -0.4 is 10.1 Å². The summed E-state index contributed by atoms with van der Waals surface area (Å²) in [6, 6.07) is 0.575. The number of hydrogen-bond acceptors (Lipinski definition) is 6. The number of hydrogen-bond donors (Lipinski definition) is 2. The molecule has 1 aliphatic rings. The Hall–Kier alpha value is -0.720. The summed E-state index contributed by atoms with van der Waals surface area (Å²) in [4.78, 5) is 0. The van der Waals surface area contributed by atoms with Crippen molar-refractivity contribution in [1.82, 2.24) is 14.1 Å². The number of aliphatic hydroxyl groups is 1. The molecule has 0 spiro atoms. The number of aliphatic hydroxyl groups excluding tert-OH is 1. The molecule has 1 aromatic rings. The van der Waals surface area contributed by atoms with E-state index in [4.69, 9.17) is 4.74 Å². The lowest BCUT2D eigenvalue weighted by Crippen LogP contribution is -2.44. The molecule has 2 rings (SSSR count). The van der Waals surface area contributed by atoms with Crippen molar-refractivity contribution in [2.45, 2.75) is 31.9 Å². The summed E-state index contributed by atoms with van der Waals surface area (Å²) in [5, 5.41) is 13.0. The maximum atomic E-state index is 9.65. The largest absolute Gasteiger partial charge is 0.473 e. The van der Waals surface area contributed by atoms with E-state index < -0.39 is 6.10 Å². The fourth-order valence-electron chi connectivity index (χ4n) is 1.83. The predicted octanol–water partition coefficient (Wildman–Crippen LogP) is 0.666. The van der Waals surface area contributed by atoms with Crippen LogP contribution >= 0.6 is 11.7 Å². The molecule has 90 valence electrons. The van der Waals surface area contributed by atoms with Crippen molar-refractivity contribution < 1.29 is 9.84 Å². The highest BCUT2D eigenvalue weighted by atomic mass is 32.1. The molecule has 0 aromatic carbocycles. The normalized spacial score (nSPS) is 26.1. The minimum atomic E-state index is -0.488. The van der Waals surface area contributed by atoms with Gasteiger partial charge in [-0.1, -0.05) is 6.92 Å². The van der Waals surface area contributed by atoms with Crippen LogP contribution in [0.3, 0.4) is 0 Å². The second-order valence-electron chi connectivity index (χ2n) is 4.39. The molecular formula is C10H17N3O2S. The molecule has 1 unspecified atom stereocenters. The average molecular weight is 243 g/mol. The zero-order chi connectivity index (χ0) is 11.4. The van der Waals surface area contributed by atoms with E-state index in [1.54, 1.807) is 6.20 Å². The van der Waals surface area contributed by atoms with Gasteiger partial charge < -0.3 is 15.2 Å². The summed E-state index contributed by atoms with van der Waals surface area (Å²) in [6.07, 6.45) is 3.49. The first-order chi connectivity index (χ1) is 7.74. The molecule has 0 radical (unpaired) electrons. The first kappa shape index (κ1) is 11.8. The van der Waals surface area contributed by atoms with Gasteiger partial charge in [-0.15, -0.1) is 4.37 Å². The Morgan fingerprint density at radius 1 is 1.69 bits per heavy atom. The average Bonchev–Trinajstić information content (AvgIpc) is 2.72. The van der Waals surface area contributed by atoms with E-state index in [-0.39, 0.29) is 6.61 Å². The Kier molecular flexibility index (Phi) is 4.09. The number of nitrogens with zero attached hydrogens (tertiary/aromatic N) is 2. The fourth-order valence-corrected chi connectivity index (χ4v) is 2.20. The molecule has 0 amide bonds. The standard InChI is InChI=1S/C10H17N3O2S/c1-7-2-8(3-7)11-4-9(14)6-15-10-5-12-16-13-10/h5,7-9,11,14H,2-4,6H2,1H3. The third-order valence-electron chi connectivity index (χ3n) is 2.78. The third kappa shape index (κ3) is 3.40. The molecule has 2 N–H and O–H groups in total. The summed E-state index contributed by atoms with van der Waals surface area (Å²) in [5.74, 6) is 1.31. The van der Waals surface area contributed by atoms with Crippen LogP contribution in [0.25, 0.3) is 0 Å². The first-order valence-corrected chi connectivity index (χ1v) is 6.29. The Morgan fingerprint density at radius 3 is 3.12 bits per heavy atom. The summed E-state index contributed by atoms with van der Waals surface area (Å²) >= 11 is 1.10. The van der Waals surface area contributed by atoms with Crippen molar-refractivity contribution in [2.75, 3.05) is 13.2 Å². The lowest BCUT2D eigenvalue weighted by atomic mass is 9.82. The highest BCUT2D eigenvalue weighted by molar-refractivity contribution is 6.99. The van der Waals surface area contributed by atoms with Crippen molar-refractivity contribution >= 4 is 11.7 Å². The Labute approximate surface area is 99.2 Å². The van der Waals surface area contributed by atoms with Crippen molar-refractivity contribution in [3.63, 3.8) is 0 Å². The molecule has 1 heterocycles. The molecular weight excluding hydrogens is 226 g/mol. The van der Waals surface area contributed by atoms with Crippen molar-refractivity contribution in [3.8, 4) is 5.88 Å². The van der Waals surface area contributed by atoms with E-state index in [1.165, 1.54) is 12.8 Å². The molecule has 0 bridgehead atoms. The lowest BCUT2D eigenvalue weighted by molar-refractivity contribution is 0.0938. The molecule has 1 atom stereocenters. The first-order valence-electron chi connectivity index (χ1n) is 5.56. The second-order valence-corrected chi connectivity index (χ2v) is 4.95. The quantitative estimate of drug-likeness (QED) is 0.768. The molecule has 1 saturated carbocycles. The third-order valence-corrected chi connectivity index (χ3v) is 3.24. The van der Waals surface area contributed by atoms with E-state index in [2.05, 4.69) is 21.0 Å². The van der Waals surface area contributed by atoms with Crippen LogP contribution in [0.5, 0.6) is 5.88 Å². The van der Waals surface area contributed by atoms with Crippen LogP contribution in [-0.4, -0.2) is 39.2 Å². The van der Waals surface area contributed by atoms with Gasteiger partial charge in [-0.05, 0) is 18.8 Å². The van der Waals surface area contributed by atoms with Gasteiger partial charge in [-0.3, -0.25) is 0 Å². The van der Waals surface area contributed by atoms with Gasteiger partial charge in [0.2, 0.25) is 5.88 Å². The van der Waals surface area contributed by atoms with Gasteiger partial charge >= 0.3 is 0 Å². The second kappa shape index (κ2) is 5.56. The Bertz CT molecular complexity index is 301. The number of rotatable bonds is 6. The molecule has 16 heavy (non-hydrogen) atoms. The van der Waals surface area contributed by atoms with Crippen LogP contribution in [-0.2, 0) is 0 Å². The van der Waals surface area contributed by atoms with Crippen LogP contribution in [0.4, 0.5) is 0 Å². The number of nitrogens with one attached hydrogen (secondary N) is 1. The van der Waals surface area contributed by atoms with E-state index in [1.807, 2.05) is 0 Å². The van der Waals surface area contributed by atoms with Crippen molar-refractivity contribution in [3.05, 3.63) is 6.20 Å². The van der Waals surface area contributed by atoms with Gasteiger partial charge in [0.05, 0.1) is 11.7 Å². The van der Waals surface area contributed by atoms with Gasteiger partial charge in [-0.2, -0.15) is 4.37 Å². The Morgan fingerprint density at radius 2 is 2.50 bits per heavy atom. The van der Waals surface area contributed by atoms with Gasteiger partial charge in [0, 0.05) is 12.6 Å². The molecule has 5 nitrogen and oxygen atoms in total. The highest BCUT2D eigenvalue weighted by Crippen LogP contribution is 2.25. The summed E-state index contributed by atoms with van der Waals surface area (Å²) < 4.78 is 13.0. The van der Waals surface area contributed by atoms with Crippen LogP contribution in [0.1, 0.15) is 19.8 Å². The van der Waals surface area contributed by atoms with Gasteiger partial charge in [0.15, 0.2) is 0 Å². The van der Waals surface area contributed by atoms with E-state index in [0.717, 1.165) is 17.6 Å². The minimum Gasteiger partial charge on any atom is -0.473 e. The van der Waals surface area contributed by atoms with Gasteiger partial charge in [0.25, 0.3) is 0 Å². The SMILES string of the molecule is CC1CC(NCC(O)COc2cnsn2)C1. The maximum absolute atomic E-state index is 9.65. The number of ether oxygens (including phenoxy) is 1. The zero-order valence-corrected chi connectivity index (χ0v) is 10.1. The topological polar surface area (TPSA) is 67.3 Å². The summed E-state index contributed by atoms with van der Waals surface area (Å²) in [7, 11) is 0. The van der Waals surface area contributed by atoms with Crippen LogP contribution in [0.15, 0.2) is 6.20 Å². The van der Waals surface area contributed by atoms with Crippen LogP contribution in [0.2, 0.25) is 0 Å². The molecule has 1 aliphatic carbocycles. The predicted molar refractivity (Wildman–Crippen MR) is 61.6 cm³/mol. The lowest BCUT2D eigenvalue weighted by Gasteiger charge is -2.34. The molecule has 0 saturated heterocycles. The fraction of sp³-hybridized carbons (Fsp3) is 0.800. The zero-order valence-electron chi connectivity index (χ0n) is 9.30. The summed E-state index contributed by atoms with van der Waals surface area (Å²) in [6.45, 7) is 3.09. The smallest absolute Gasteiger partial charge is 0.245 e. The molecule has 1 aromatic heterocycles. The van der Waals surface area contributed by atoms with Crippen molar-refractivity contribution in [2.24, 2.45) is 5.92 Å². The minimum absolute atomic E-state index is 0.265.